The van der Waals surface area contributed by atoms with Crippen molar-refractivity contribution in [3.05, 3.63) is 47.6 Å². The van der Waals surface area contributed by atoms with E-state index in [-0.39, 0.29) is 37.0 Å². The highest BCUT2D eigenvalue weighted by Crippen LogP contribution is 2.27. The number of carbonyl (C=O) groups excluding carboxylic acids is 2. The van der Waals surface area contributed by atoms with E-state index in [1.54, 1.807) is 11.8 Å². The van der Waals surface area contributed by atoms with Gasteiger partial charge in [-0.1, -0.05) is 35.5 Å². The molecule has 1 aliphatic heterocycles. The molecule has 0 saturated carbocycles. The Kier molecular flexibility index (Phi) is 7.31. The number of methoxy groups -OCH3 is 1. The fourth-order valence-electron chi connectivity index (χ4n) is 3.39. The van der Waals surface area contributed by atoms with Crippen LogP contribution in [0.2, 0.25) is 0 Å². The quantitative estimate of drug-likeness (QED) is 0.703. The Bertz CT molecular complexity index is 810. The molecule has 2 heterocycles. The van der Waals surface area contributed by atoms with E-state index in [2.05, 4.69) is 15.5 Å². The molecule has 1 aromatic heterocycles. The fraction of sp³-hybridized carbons (Fsp3) is 0.500. The number of hydrogen-bond acceptors (Lipinski definition) is 7. The van der Waals surface area contributed by atoms with Crippen LogP contribution in [-0.2, 0) is 25.7 Å². The van der Waals surface area contributed by atoms with Crippen molar-refractivity contribution in [2.24, 2.45) is 0 Å². The zero-order chi connectivity index (χ0) is 20.6. The first-order valence-corrected chi connectivity index (χ1v) is 9.54. The van der Waals surface area contributed by atoms with Gasteiger partial charge in [0.05, 0.1) is 18.6 Å². The number of ether oxygens (including phenoxy) is 2. The molecule has 2 amide bonds. The van der Waals surface area contributed by atoms with Crippen molar-refractivity contribution in [1.82, 2.24) is 20.4 Å². The maximum atomic E-state index is 12.6. The number of piperidine rings is 1. The van der Waals surface area contributed by atoms with Crippen LogP contribution in [0.15, 0.2) is 34.9 Å². The van der Waals surface area contributed by atoms with Crippen LogP contribution in [0, 0.1) is 6.92 Å². The van der Waals surface area contributed by atoms with Gasteiger partial charge in [-0.3, -0.25) is 9.59 Å². The molecule has 3 rings (SSSR count). The lowest BCUT2D eigenvalue weighted by Gasteiger charge is -2.37. The van der Waals surface area contributed by atoms with Crippen molar-refractivity contribution in [2.75, 3.05) is 33.4 Å². The van der Waals surface area contributed by atoms with Gasteiger partial charge in [0.1, 0.15) is 13.2 Å². The van der Waals surface area contributed by atoms with E-state index >= 15 is 0 Å². The van der Waals surface area contributed by atoms with Crippen LogP contribution in [0.4, 0.5) is 0 Å². The Morgan fingerprint density at radius 2 is 2.07 bits per heavy atom. The number of nitrogens with zero attached hydrogens (tertiary/aromatic N) is 3. The van der Waals surface area contributed by atoms with Crippen molar-refractivity contribution in [3.8, 4) is 0 Å². The van der Waals surface area contributed by atoms with Crippen LogP contribution >= 0.6 is 0 Å². The molecule has 156 valence electrons. The fourth-order valence-corrected chi connectivity index (χ4v) is 3.39. The molecule has 9 heteroatoms. The molecule has 1 aliphatic rings. The van der Waals surface area contributed by atoms with Crippen molar-refractivity contribution in [1.29, 1.82) is 0 Å². The number of carbonyl (C=O) groups is 2. The number of aromatic nitrogens is 2. The molecule has 0 radical (unpaired) electrons. The molecule has 0 bridgehead atoms. The number of aryl methyl sites for hydroxylation is 1. The monoisotopic (exact) mass is 402 g/mol. The van der Waals surface area contributed by atoms with Gasteiger partial charge >= 0.3 is 0 Å². The first-order chi connectivity index (χ1) is 14.1. The van der Waals surface area contributed by atoms with Gasteiger partial charge in [0.2, 0.25) is 17.7 Å². The summed E-state index contributed by atoms with van der Waals surface area (Å²) in [4.78, 5) is 30.7. The van der Waals surface area contributed by atoms with Crippen LogP contribution in [0.25, 0.3) is 0 Å². The Morgan fingerprint density at radius 1 is 1.28 bits per heavy atom. The second-order valence-corrected chi connectivity index (χ2v) is 7.00. The number of likely N-dealkylation sites (tertiary alicyclic amines) is 1. The van der Waals surface area contributed by atoms with Gasteiger partial charge in [-0.25, -0.2) is 0 Å². The van der Waals surface area contributed by atoms with Crippen LogP contribution in [0.1, 0.15) is 29.6 Å². The minimum Gasteiger partial charge on any atom is -0.375 e. The summed E-state index contributed by atoms with van der Waals surface area (Å²) < 4.78 is 15.8. The first kappa shape index (κ1) is 20.9. The third kappa shape index (κ3) is 5.85. The average Bonchev–Trinajstić information content (AvgIpc) is 3.15. The number of amides is 2. The Balaban J connectivity index is 1.59. The molecule has 1 aromatic carbocycles. The van der Waals surface area contributed by atoms with Gasteiger partial charge in [0.15, 0.2) is 5.82 Å². The van der Waals surface area contributed by atoms with Gasteiger partial charge in [0, 0.05) is 20.2 Å². The molecule has 0 spiro atoms. The molecule has 29 heavy (non-hydrogen) atoms. The van der Waals surface area contributed by atoms with E-state index in [9.17, 15) is 9.59 Å². The van der Waals surface area contributed by atoms with Crippen LogP contribution in [0.3, 0.4) is 0 Å². The van der Waals surface area contributed by atoms with E-state index < -0.39 is 0 Å². The Hall–Kier alpha value is -2.78. The molecule has 2 aromatic rings. The second-order valence-electron chi connectivity index (χ2n) is 7.00. The summed E-state index contributed by atoms with van der Waals surface area (Å²) in [5.74, 6) is 0.471. The lowest BCUT2D eigenvalue weighted by molar-refractivity contribution is -0.139. The SMILES string of the molecule is COCC(=O)N[C@@H]1CN(C(=O)COCc2ccccc2)CC[C@@H]1c1nc(C)no1. The summed E-state index contributed by atoms with van der Waals surface area (Å²) in [7, 11) is 1.46. The van der Waals surface area contributed by atoms with E-state index in [0.29, 0.717) is 37.8 Å². The molecule has 2 atom stereocenters. The summed E-state index contributed by atoms with van der Waals surface area (Å²) in [6.45, 7) is 2.91. The molecular weight excluding hydrogens is 376 g/mol. The van der Waals surface area contributed by atoms with Gasteiger partial charge < -0.3 is 24.2 Å². The lowest BCUT2D eigenvalue weighted by atomic mass is 9.91. The van der Waals surface area contributed by atoms with Crippen molar-refractivity contribution >= 4 is 11.8 Å². The highest BCUT2D eigenvalue weighted by Gasteiger charge is 2.36. The Morgan fingerprint density at radius 3 is 2.76 bits per heavy atom. The summed E-state index contributed by atoms with van der Waals surface area (Å²) in [6.07, 6.45) is 0.601. The maximum Gasteiger partial charge on any atom is 0.248 e. The third-order valence-corrected chi connectivity index (χ3v) is 4.78. The predicted octanol–water partition coefficient (Wildman–Crippen LogP) is 1.04. The van der Waals surface area contributed by atoms with Crippen LogP contribution < -0.4 is 5.32 Å². The van der Waals surface area contributed by atoms with Gasteiger partial charge in [-0.05, 0) is 18.9 Å². The second kappa shape index (κ2) is 10.1. The topological polar surface area (TPSA) is 107 Å². The number of nitrogens with one attached hydrogen (secondary N) is 1. The maximum absolute atomic E-state index is 12.6. The summed E-state index contributed by atoms with van der Waals surface area (Å²) in [6, 6.07) is 9.34. The number of hydrogen-bond donors (Lipinski definition) is 1. The number of benzene rings is 1. The van der Waals surface area contributed by atoms with Gasteiger partial charge in [0.25, 0.3) is 0 Å². The smallest absolute Gasteiger partial charge is 0.248 e. The van der Waals surface area contributed by atoms with Gasteiger partial charge in [-0.2, -0.15) is 4.98 Å². The molecule has 9 nitrogen and oxygen atoms in total. The summed E-state index contributed by atoms with van der Waals surface area (Å²) in [5, 5.41) is 6.76. The third-order valence-electron chi connectivity index (χ3n) is 4.78. The molecule has 1 fully saturated rings. The average molecular weight is 402 g/mol. The normalized spacial score (nSPS) is 19.2. The highest BCUT2D eigenvalue weighted by molar-refractivity contribution is 5.79. The lowest BCUT2D eigenvalue weighted by Crippen LogP contribution is -2.54. The van der Waals surface area contributed by atoms with Crippen molar-refractivity contribution in [3.63, 3.8) is 0 Å². The van der Waals surface area contributed by atoms with Gasteiger partial charge in [-0.15, -0.1) is 0 Å². The van der Waals surface area contributed by atoms with E-state index in [1.165, 1.54) is 7.11 Å². The van der Waals surface area contributed by atoms with E-state index in [4.69, 9.17) is 14.0 Å². The van der Waals surface area contributed by atoms with Crippen molar-refractivity contribution in [2.45, 2.75) is 31.9 Å². The molecular formula is C20H26N4O5. The Labute approximate surface area is 169 Å². The predicted molar refractivity (Wildman–Crippen MR) is 103 cm³/mol. The molecule has 1 saturated heterocycles. The molecule has 1 N–H and O–H groups in total. The standard InChI is InChI=1S/C20H26N4O5/c1-14-21-20(29-23-14)16-8-9-24(10-17(16)22-18(25)12-27-2)19(26)13-28-11-15-6-4-3-5-7-15/h3-7,16-17H,8-13H2,1-2H3,(H,22,25)/t16-,17+/m0/s1. The van der Waals surface area contributed by atoms with E-state index in [0.717, 1.165) is 5.56 Å². The number of rotatable bonds is 8. The minimum atomic E-state index is -0.343. The summed E-state index contributed by atoms with van der Waals surface area (Å²) >= 11 is 0. The minimum absolute atomic E-state index is 0.0159. The summed E-state index contributed by atoms with van der Waals surface area (Å²) in [5.41, 5.74) is 1.01. The van der Waals surface area contributed by atoms with Crippen LogP contribution in [0.5, 0.6) is 0 Å². The van der Waals surface area contributed by atoms with E-state index in [1.807, 2.05) is 30.3 Å². The first-order valence-electron chi connectivity index (χ1n) is 9.54. The molecule has 0 unspecified atom stereocenters. The highest BCUT2D eigenvalue weighted by atomic mass is 16.5. The molecule has 0 aliphatic carbocycles. The van der Waals surface area contributed by atoms with Crippen molar-refractivity contribution < 1.29 is 23.6 Å². The largest absolute Gasteiger partial charge is 0.375 e. The zero-order valence-electron chi connectivity index (χ0n) is 16.7. The van der Waals surface area contributed by atoms with Crippen LogP contribution in [-0.4, -0.2) is 66.3 Å². The zero-order valence-corrected chi connectivity index (χ0v) is 16.7.